The molecule has 74 valence electrons. The molecule has 1 unspecified atom stereocenters. The number of rotatable bonds is 6. The van der Waals surface area contributed by atoms with Crippen LogP contribution in [0.2, 0.25) is 0 Å². The van der Waals surface area contributed by atoms with Crippen LogP contribution >= 0.6 is 0 Å². The van der Waals surface area contributed by atoms with Crippen LogP contribution in [-0.2, 0) is 4.74 Å². The number of nitrogens with zero attached hydrogens (tertiary/aromatic N) is 1. The fourth-order valence-electron chi connectivity index (χ4n) is 0.741. The van der Waals surface area contributed by atoms with Crippen LogP contribution in [0.1, 0.15) is 16.1 Å². The van der Waals surface area contributed by atoms with Crippen molar-refractivity contribution in [1.82, 2.24) is 0 Å². The Morgan fingerprint density at radius 2 is 2.08 bits per heavy atom. The lowest BCUT2D eigenvalue weighted by molar-refractivity contribution is -0.896. The van der Waals surface area contributed by atoms with Crippen molar-refractivity contribution in [3.05, 3.63) is 0 Å². The minimum atomic E-state index is -2.70. The lowest BCUT2D eigenvalue weighted by atomic mass is 10.3. The highest BCUT2D eigenvalue weighted by atomic mass is 19.1. The smallest absolute Gasteiger partial charge is 0.143 e. The average Bonchev–Trinajstić information content (AvgIpc) is 1.92. The maximum absolute atomic E-state index is 13.2. The minimum absolute atomic E-state index is 0.112. The third-order valence-corrected chi connectivity index (χ3v) is 1.69. The quantitative estimate of drug-likeness (QED) is 0.444. The summed E-state index contributed by atoms with van der Waals surface area (Å²) >= 11 is 0. The zero-order valence-corrected chi connectivity index (χ0v) is 8.43. The molecule has 0 aliphatic rings. The monoisotopic (exact) mass is 180 g/mol. The first-order chi connectivity index (χ1) is 6.19. The lowest BCUT2D eigenvalue weighted by Crippen LogP contribution is -2.49. The highest BCUT2D eigenvalue weighted by molar-refractivity contribution is 4.53. The number of halogens is 1. The van der Waals surface area contributed by atoms with Gasteiger partial charge < -0.3 is 9.22 Å². The Morgan fingerprint density at radius 3 is 2.42 bits per heavy atom. The SMILES string of the molecule is [2H]C([2H])(F)C(COCCC)[N+](C)(C)C. The fourth-order valence-corrected chi connectivity index (χ4v) is 0.741. The largest absolute Gasteiger partial charge is 0.375 e. The van der Waals surface area contributed by atoms with Gasteiger partial charge in [-0.15, -0.1) is 0 Å². The van der Waals surface area contributed by atoms with E-state index in [2.05, 4.69) is 0 Å². The Morgan fingerprint density at radius 1 is 1.50 bits per heavy atom. The summed E-state index contributed by atoms with van der Waals surface area (Å²) in [5.41, 5.74) is 0. The van der Waals surface area contributed by atoms with Gasteiger partial charge in [-0.1, -0.05) is 6.92 Å². The Balaban J connectivity index is 4.28. The van der Waals surface area contributed by atoms with E-state index in [0.29, 0.717) is 6.61 Å². The normalized spacial score (nSPS) is 18.4. The first kappa shape index (κ1) is 8.45. The van der Waals surface area contributed by atoms with Gasteiger partial charge in [-0.05, 0) is 6.42 Å². The van der Waals surface area contributed by atoms with Crippen molar-refractivity contribution in [2.75, 3.05) is 41.0 Å². The second-order valence-corrected chi connectivity index (χ2v) is 3.82. The summed E-state index contributed by atoms with van der Waals surface area (Å²) in [6.07, 6.45) is 0.860. The van der Waals surface area contributed by atoms with Crippen molar-refractivity contribution in [3.63, 3.8) is 0 Å². The highest BCUT2D eigenvalue weighted by Gasteiger charge is 2.23. The number of hydrogen-bond acceptors (Lipinski definition) is 1. The third kappa shape index (κ3) is 4.67. The van der Waals surface area contributed by atoms with Gasteiger partial charge in [0.25, 0.3) is 0 Å². The van der Waals surface area contributed by atoms with E-state index in [1.54, 1.807) is 21.1 Å². The summed E-state index contributed by atoms with van der Waals surface area (Å²) in [7, 11) is 5.28. The zero-order valence-electron chi connectivity index (χ0n) is 10.4. The van der Waals surface area contributed by atoms with E-state index >= 15 is 0 Å². The van der Waals surface area contributed by atoms with Gasteiger partial charge in [0.2, 0.25) is 0 Å². The van der Waals surface area contributed by atoms with Gasteiger partial charge in [0.15, 0.2) is 0 Å². The van der Waals surface area contributed by atoms with Crippen molar-refractivity contribution < 1.29 is 16.4 Å². The average molecular weight is 180 g/mol. The molecule has 0 N–H and O–H groups in total. The highest BCUT2D eigenvalue weighted by Crippen LogP contribution is 2.04. The Bertz CT molecular complexity index is 151. The molecule has 0 radical (unpaired) electrons. The van der Waals surface area contributed by atoms with Crippen LogP contribution in [0.4, 0.5) is 4.39 Å². The number of quaternary nitrogens is 1. The number of ether oxygens (including phenoxy) is 1. The van der Waals surface area contributed by atoms with Crippen LogP contribution in [0.5, 0.6) is 0 Å². The van der Waals surface area contributed by atoms with Crippen LogP contribution in [0, 0.1) is 0 Å². The van der Waals surface area contributed by atoms with Crippen LogP contribution in [-0.4, -0.2) is 51.5 Å². The molecule has 0 aromatic rings. The lowest BCUT2D eigenvalue weighted by Gasteiger charge is -2.32. The van der Waals surface area contributed by atoms with Gasteiger partial charge in [0, 0.05) is 6.61 Å². The van der Waals surface area contributed by atoms with Crippen molar-refractivity contribution >= 4 is 0 Å². The fraction of sp³-hybridized carbons (Fsp3) is 1.00. The molecular weight excluding hydrogens is 157 g/mol. The molecule has 0 saturated heterocycles. The van der Waals surface area contributed by atoms with Crippen LogP contribution in [0.25, 0.3) is 0 Å². The minimum Gasteiger partial charge on any atom is -0.375 e. The van der Waals surface area contributed by atoms with Crippen molar-refractivity contribution in [2.45, 2.75) is 19.4 Å². The molecule has 0 rings (SSSR count). The van der Waals surface area contributed by atoms with Crippen LogP contribution in [0.15, 0.2) is 0 Å². The molecule has 0 fully saturated rings. The summed E-state index contributed by atoms with van der Waals surface area (Å²) < 4.78 is 32.8. The predicted octanol–water partition coefficient (Wildman–Crippen LogP) is 1.46. The van der Waals surface area contributed by atoms with Gasteiger partial charge >= 0.3 is 0 Å². The van der Waals surface area contributed by atoms with E-state index in [9.17, 15) is 4.39 Å². The summed E-state index contributed by atoms with van der Waals surface area (Å²) in [6, 6.07) is -0.783. The van der Waals surface area contributed by atoms with E-state index in [0.717, 1.165) is 6.42 Å². The van der Waals surface area contributed by atoms with Crippen molar-refractivity contribution in [3.8, 4) is 0 Å². The van der Waals surface area contributed by atoms with Gasteiger partial charge in [-0.25, -0.2) is 4.39 Å². The van der Waals surface area contributed by atoms with E-state index in [-0.39, 0.29) is 11.1 Å². The molecule has 0 amide bonds. The van der Waals surface area contributed by atoms with Gasteiger partial charge in [0.1, 0.15) is 19.3 Å². The topological polar surface area (TPSA) is 9.23 Å². The molecule has 0 aromatic heterocycles. The number of likely N-dealkylation sites (N-methyl/N-ethyl adjacent to an activating group) is 1. The van der Waals surface area contributed by atoms with E-state index in [1.165, 1.54) is 0 Å². The number of hydrogen-bond donors (Lipinski definition) is 0. The molecule has 1 atom stereocenters. The third-order valence-electron chi connectivity index (χ3n) is 1.69. The van der Waals surface area contributed by atoms with E-state index < -0.39 is 12.7 Å². The summed E-state index contributed by atoms with van der Waals surface area (Å²) in [5, 5.41) is 0. The maximum Gasteiger partial charge on any atom is 0.143 e. The van der Waals surface area contributed by atoms with Gasteiger partial charge in [-0.2, -0.15) is 0 Å². The first-order valence-corrected chi connectivity index (χ1v) is 4.27. The Kier molecular flexibility index (Phi) is 3.86. The van der Waals surface area contributed by atoms with Gasteiger partial charge in [-0.3, -0.25) is 0 Å². The molecule has 12 heavy (non-hydrogen) atoms. The molecular formula is C9H21FNO+. The molecule has 0 aliphatic heterocycles. The van der Waals surface area contributed by atoms with Crippen LogP contribution in [0.3, 0.4) is 0 Å². The molecule has 3 heteroatoms. The van der Waals surface area contributed by atoms with E-state index in [1.807, 2.05) is 6.92 Å². The molecule has 0 heterocycles. The Labute approximate surface area is 77.7 Å². The summed E-state index contributed by atoms with van der Waals surface area (Å²) in [5.74, 6) is 0. The molecule has 0 saturated carbocycles. The molecule has 0 spiro atoms. The molecule has 0 bridgehead atoms. The predicted molar refractivity (Wildman–Crippen MR) is 48.9 cm³/mol. The molecule has 2 nitrogen and oxygen atoms in total. The van der Waals surface area contributed by atoms with Crippen LogP contribution < -0.4 is 0 Å². The van der Waals surface area contributed by atoms with E-state index in [4.69, 9.17) is 7.48 Å². The summed E-state index contributed by atoms with van der Waals surface area (Å²) in [6.45, 7) is -0.0789. The van der Waals surface area contributed by atoms with Gasteiger partial charge in [0.05, 0.1) is 23.9 Å². The second kappa shape index (κ2) is 5.49. The zero-order chi connectivity index (χ0) is 11.4. The molecule has 0 aromatic carbocycles. The second-order valence-electron chi connectivity index (χ2n) is 3.82. The van der Waals surface area contributed by atoms with Crippen molar-refractivity contribution in [1.29, 1.82) is 0 Å². The summed E-state index contributed by atoms with van der Waals surface area (Å²) in [4.78, 5) is 0. The van der Waals surface area contributed by atoms with Crippen molar-refractivity contribution in [2.24, 2.45) is 0 Å². The standard InChI is InChI=1S/C9H21FNO/c1-5-6-12-8-9(7-10)11(2,3)4/h9H,5-8H2,1-4H3/q+1/i7D2. The number of alkyl halides is 1. The first-order valence-electron chi connectivity index (χ1n) is 5.27. The Hall–Kier alpha value is -0.150. The molecule has 0 aliphatic carbocycles. The maximum atomic E-state index is 13.2.